The molecule has 1 aliphatic heterocycles. The first-order valence-electron chi connectivity index (χ1n) is 7.30. The maximum Gasteiger partial charge on any atom is 0.193 e. The number of aryl methyl sites for hydroxylation is 1. The Morgan fingerprint density at radius 1 is 1.60 bits per heavy atom. The summed E-state index contributed by atoms with van der Waals surface area (Å²) in [6, 6.07) is 0. The molecule has 6 nitrogen and oxygen atoms in total. The summed E-state index contributed by atoms with van der Waals surface area (Å²) in [4.78, 5) is 6.63. The van der Waals surface area contributed by atoms with Gasteiger partial charge in [-0.15, -0.1) is 0 Å². The molecule has 2 rings (SSSR count). The molecular weight excluding hydrogens is 254 g/mol. The number of rotatable bonds is 4. The summed E-state index contributed by atoms with van der Waals surface area (Å²) in [6.45, 7) is 5.57. The number of nitrogens with one attached hydrogen (secondary N) is 1. The van der Waals surface area contributed by atoms with Crippen LogP contribution in [-0.2, 0) is 11.8 Å². The highest BCUT2D eigenvalue weighted by Gasteiger charge is 2.24. The van der Waals surface area contributed by atoms with E-state index >= 15 is 0 Å². The van der Waals surface area contributed by atoms with Crippen LogP contribution < -0.4 is 5.32 Å². The first kappa shape index (κ1) is 14.8. The van der Waals surface area contributed by atoms with Crippen molar-refractivity contribution in [3.8, 4) is 0 Å². The smallest absolute Gasteiger partial charge is 0.193 e. The van der Waals surface area contributed by atoms with Crippen molar-refractivity contribution >= 4 is 5.96 Å². The molecule has 0 radical (unpaired) electrons. The molecule has 1 aromatic heterocycles. The van der Waals surface area contributed by atoms with Gasteiger partial charge in [0.1, 0.15) is 6.10 Å². The zero-order chi connectivity index (χ0) is 14.4. The molecule has 0 spiro atoms. The predicted molar refractivity (Wildman–Crippen MR) is 79.7 cm³/mol. The Bertz CT molecular complexity index is 443. The summed E-state index contributed by atoms with van der Waals surface area (Å²) in [5, 5.41) is 7.63. The van der Waals surface area contributed by atoms with Gasteiger partial charge in [0, 0.05) is 38.9 Å². The SMILES string of the molecule is CCCCNC(=NC)N1CCOC(c2cnn(C)c2)C1. The quantitative estimate of drug-likeness (QED) is 0.511. The number of ether oxygens (including phenoxy) is 1. The highest BCUT2D eigenvalue weighted by Crippen LogP contribution is 2.21. The fourth-order valence-electron chi connectivity index (χ4n) is 2.36. The van der Waals surface area contributed by atoms with Crippen LogP contribution in [0.3, 0.4) is 0 Å². The Kier molecular flexibility index (Phi) is 5.40. The number of hydrogen-bond acceptors (Lipinski definition) is 3. The molecule has 1 aromatic rings. The predicted octanol–water partition coefficient (Wildman–Crippen LogP) is 1.17. The van der Waals surface area contributed by atoms with Gasteiger partial charge in [0.05, 0.1) is 19.3 Å². The van der Waals surface area contributed by atoms with E-state index in [1.165, 1.54) is 6.42 Å². The van der Waals surface area contributed by atoms with Crippen LogP contribution in [0.4, 0.5) is 0 Å². The van der Waals surface area contributed by atoms with E-state index in [2.05, 4.69) is 27.2 Å². The van der Waals surface area contributed by atoms with Crippen molar-refractivity contribution in [1.29, 1.82) is 0 Å². The van der Waals surface area contributed by atoms with Gasteiger partial charge in [0.25, 0.3) is 0 Å². The van der Waals surface area contributed by atoms with Gasteiger partial charge in [-0.25, -0.2) is 0 Å². The first-order valence-corrected chi connectivity index (χ1v) is 7.30. The zero-order valence-electron chi connectivity index (χ0n) is 12.7. The van der Waals surface area contributed by atoms with Crippen LogP contribution in [0.15, 0.2) is 17.4 Å². The number of aliphatic imine (C=N–C) groups is 1. The third-order valence-electron chi connectivity index (χ3n) is 3.49. The van der Waals surface area contributed by atoms with Crippen LogP contribution in [0.1, 0.15) is 31.4 Å². The minimum Gasteiger partial charge on any atom is -0.370 e. The number of aromatic nitrogens is 2. The average Bonchev–Trinajstić information content (AvgIpc) is 2.90. The minimum absolute atomic E-state index is 0.0715. The maximum atomic E-state index is 5.85. The molecule has 6 heteroatoms. The molecule has 1 N–H and O–H groups in total. The van der Waals surface area contributed by atoms with Gasteiger partial charge in [-0.05, 0) is 6.42 Å². The molecule has 0 bridgehead atoms. The van der Waals surface area contributed by atoms with Crippen molar-refractivity contribution in [2.75, 3.05) is 33.3 Å². The normalized spacial score (nSPS) is 20.2. The van der Waals surface area contributed by atoms with Gasteiger partial charge < -0.3 is 15.0 Å². The molecule has 1 atom stereocenters. The fraction of sp³-hybridized carbons (Fsp3) is 0.714. The standard InChI is InChI=1S/C14H25N5O/c1-4-5-6-16-14(15-2)19-7-8-20-13(11-19)12-9-17-18(3)10-12/h9-10,13H,4-8,11H2,1-3H3,(H,15,16). The van der Waals surface area contributed by atoms with E-state index in [4.69, 9.17) is 4.74 Å². The van der Waals surface area contributed by atoms with Gasteiger partial charge >= 0.3 is 0 Å². The van der Waals surface area contributed by atoms with Crippen LogP contribution >= 0.6 is 0 Å². The van der Waals surface area contributed by atoms with Gasteiger partial charge in [-0.1, -0.05) is 13.3 Å². The summed E-state index contributed by atoms with van der Waals surface area (Å²) < 4.78 is 7.66. The van der Waals surface area contributed by atoms with Crippen molar-refractivity contribution in [2.45, 2.75) is 25.9 Å². The number of guanidine groups is 1. The summed E-state index contributed by atoms with van der Waals surface area (Å²) in [7, 11) is 3.76. The highest BCUT2D eigenvalue weighted by atomic mass is 16.5. The lowest BCUT2D eigenvalue weighted by molar-refractivity contribution is -0.00801. The molecule has 1 fully saturated rings. The molecule has 112 valence electrons. The minimum atomic E-state index is 0.0715. The monoisotopic (exact) mass is 279 g/mol. The van der Waals surface area contributed by atoms with E-state index in [-0.39, 0.29) is 6.10 Å². The fourth-order valence-corrected chi connectivity index (χ4v) is 2.36. The number of unbranched alkanes of at least 4 members (excludes halogenated alkanes) is 1. The molecule has 1 saturated heterocycles. The van der Waals surface area contributed by atoms with E-state index in [1.807, 2.05) is 31.2 Å². The lowest BCUT2D eigenvalue weighted by Gasteiger charge is -2.34. The van der Waals surface area contributed by atoms with E-state index in [9.17, 15) is 0 Å². The van der Waals surface area contributed by atoms with Crippen molar-refractivity contribution in [1.82, 2.24) is 20.0 Å². The van der Waals surface area contributed by atoms with E-state index in [1.54, 1.807) is 0 Å². The van der Waals surface area contributed by atoms with Crippen molar-refractivity contribution in [2.24, 2.45) is 12.0 Å². The third-order valence-corrected chi connectivity index (χ3v) is 3.49. The third kappa shape index (κ3) is 3.72. The summed E-state index contributed by atoms with van der Waals surface area (Å²) >= 11 is 0. The molecule has 0 saturated carbocycles. The second-order valence-electron chi connectivity index (χ2n) is 5.08. The zero-order valence-corrected chi connectivity index (χ0v) is 12.7. The summed E-state index contributed by atoms with van der Waals surface area (Å²) in [6.07, 6.45) is 6.31. The number of hydrogen-bond donors (Lipinski definition) is 1. The molecule has 20 heavy (non-hydrogen) atoms. The molecule has 1 unspecified atom stereocenters. The van der Waals surface area contributed by atoms with Crippen LogP contribution in [0.2, 0.25) is 0 Å². The van der Waals surface area contributed by atoms with Crippen molar-refractivity contribution in [3.05, 3.63) is 18.0 Å². The molecule has 0 aliphatic carbocycles. The Morgan fingerprint density at radius 2 is 2.45 bits per heavy atom. The molecule has 0 amide bonds. The van der Waals surface area contributed by atoms with Crippen LogP contribution in [0, 0.1) is 0 Å². The first-order chi connectivity index (χ1) is 9.74. The molecule has 0 aromatic carbocycles. The summed E-state index contributed by atoms with van der Waals surface area (Å²) in [5.41, 5.74) is 1.13. The van der Waals surface area contributed by atoms with E-state index in [0.29, 0.717) is 6.61 Å². The van der Waals surface area contributed by atoms with Gasteiger partial charge in [-0.3, -0.25) is 9.67 Å². The lowest BCUT2D eigenvalue weighted by Crippen LogP contribution is -2.48. The van der Waals surface area contributed by atoms with E-state index < -0.39 is 0 Å². The number of nitrogens with zero attached hydrogens (tertiary/aromatic N) is 4. The van der Waals surface area contributed by atoms with Gasteiger partial charge in [0.15, 0.2) is 5.96 Å². The Hall–Kier alpha value is -1.56. The van der Waals surface area contributed by atoms with Crippen LogP contribution in [0.5, 0.6) is 0 Å². The largest absolute Gasteiger partial charge is 0.370 e. The molecule has 2 heterocycles. The van der Waals surface area contributed by atoms with Gasteiger partial charge in [-0.2, -0.15) is 5.10 Å². The Morgan fingerprint density at radius 3 is 3.10 bits per heavy atom. The average molecular weight is 279 g/mol. The molecular formula is C14H25N5O. The van der Waals surface area contributed by atoms with Gasteiger partial charge in [0.2, 0.25) is 0 Å². The van der Waals surface area contributed by atoms with Crippen molar-refractivity contribution < 1.29 is 4.74 Å². The Balaban J connectivity index is 1.95. The van der Waals surface area contributed by atoms with E-state index in [0.717, 1.165) is 37.6 Å². The topological polar surface area (TPSA) is 54.7 Å². The maximum absolute atomic E-state index is 5.85. The summed E-state index contributed by atoms with van der Waals surface area (Å²) in [5.74, 6) is 0.968. The van der Waals surface area contributed by atoms with Crippen LogP contribution in [-0.4, -0.2) is 53.9 Å². The number of morpholine rings is 1. The Labute approximate surface area is 120 Å². The molecule has 1 aliphatic rings. The lowest BCUT2D eigenvalue weighted by atomic mass is 10.1. The van der Waals surface area contributed by atoms with Crippen molar-refractivity contribution in [3.63, 3.8) is 0 Å². The highest BCUT2D eigenvalue weighted by molar-refractivity contribution is 5.80. The second kappa shape index (κ2) is 7.28. The van der Waals surface area contributed by atoms with Crippen LogP contribution in [0.25, 0.3) is 0 Å². The second-order valence-corrected chi connectivity index (χ2v) is 5.08.